The predicted molar refractivity (Wildman–Crippen MR) is 102 cm³/mol. The smallest absolute Gasteiger partial charge is 0.305 e. The number of unbranched alkanes of at least 4 members (excludes halogenated alkanes) is 10. The van der Waals surface area contributed by atoms with Gasteiger partial charge in [0.15, 0.2) is 0 Å². The van der Waals surface area contributed by atoms with Crippen LogP contribution < -0.4 is 0 Å². The lowest BCUT2D eigenvalue weighted by atomic mass is 10.0. The zero-order valence-electron chi connectivity index (χ0n) is 16.4. The van der Waals surface area contributed by atoms with Crippen LogP contribution in [0.3, 0.4) is 0 Å². The highest BCUT2D eigenvalue weighted by Gasteiger charge is 2.07. The maximum Gasteiger partial charge on any atom is 0.305 e. The van der Waals surface area contributed by atoms with Gasteiger partial charge in [-0.3, -0.25) is 4.79 Å². The number of hydrogen-bond donors (Lipinski definition) is 1. The van der Waals surface area contributed by atoms with Crippen molar-refractivity contribution in [2.45, 2.75) is 123 Å². The molecule has 0 fully saturated rings. The fourth-order valence-corrected chi connectivity index (χ4v) is 2.96. The van der Waals surface area contributed by atoms with E-state index in [1.54, 1.807) is 0 Å². The van der Waals surface area contributed by atoms with Crippen LogP contribution >= 0.6 is 0 Å². The van der Waals surface area contributed by atoms with Crippen molar-refractivity contribution in [1.82, 2.24) is 0 Å². The van der Waals surface area contributed by atoms with Crippen LogP contribution in [0.15, 0.2) is 0 Å². The lowest BCUT2D eigenvalue weighted by Crippen LogP contribution is -2.09. The minimum Gasteiger partial charge on any atom is -0.466 e. The van der Waals surface area contributed by atoms with E-state index in [4.69, 9.17) is 4.74 Å². The molecule has 0 rings (SSSR count). The Morgan fingerprint density at radius 1 is 0.750 bits per heavy atom. The molecule has 3 heteroatoms. The van der Waals surface area contributed by atoms with E-state index in [1.807, 2.05) is 6.92 Å². The summed E-state index contributed by atoms with van der Waals surface area (Å²) in [6.07, 6.45) is 18.1. The number of hydrogen-bond acceptors (Lipinski definition) is 3. The highest BCUT2D eigenvalue weighted by molar-refractivity contribution is 5.69. The second-order valence-corrected chi connectivity index (χ2v) is 7.09. The molecule has 144 valence electrons. The van der Waals surface area contributed by atoms with E-state index in [0.29, 0.717) is 13.0 Å². The summed E-state index contributed by atoms with van der Waals surface area (Å²) >= 11 is 0. The number of ether oxygens (including phenoxy) is 1. The second kappa shape index (κ2) is 18.8. The Bertz CT molecular complexity index is 266. The van der Waals surface area contributed by atoms with Gasteiger partial charge >= 0.3 is 5.97 Å². The molecule has 0 aromatic carbocycles. The summed E-state index contributed by atoms with van der Waals surface area (Å²) in [5.74, 6) is -0.126. The summed E-state index contributed by atoms with van der Waals surface area (Å²) in [4.78, 5) is 11.3. The molecule has 24 heavy (non-hydrogen) atoms. The van der Waals surface area contributed by atoms with Crippen LogP contribution in [0, 0.1) is 0 Å². The van der Waals surface area contributed by atoms with E-state index in [-0.39, 0.29) is 12.1 Å². The molecule has 0 bridgehead atoms. The first-order valence-corrected chi connectivity index (χ1v) is 10.5. The van der Waals surface area contributed by atoms with Gasteiger partial charge in [0.05, 0.1) is 12.7 Å². The van der Waals surface area contributed by atoms with Crippen LogP contribution in [0.1, 0.15) is 117 Å². The standard InChI is InChI=1S/C21H42O3/c1-3-5-6-7-8-9-10-11-12-13-14-16-20(22)17-15-18-21(23)24-19-4-2/h20,22H,3-19H2,1-2H3. The minimum absolute atomic E-state index is 0.126. The number of esters is 1. The summed E-state index contributed by atoms with van der Waals surface area (Å²) in [5.41, 5.74) is 0. The van der Waals surface area contributed by atoms with E-state index in [1.165, 1.54) is 64.2 Å². The van der Waals surface area contributed by atoms with Gasteiger partial charge in [0.1, 0.15) is 0 Å². The zero-order valence-corrected chi connectivity index (χ0v) is 16.4. The van der Waals surface area contributed by atoms with Crippen LogP contribution in [0.2, 0.25) is 0 Å². The third-order valence-electron chi connectivity index (χ3n) is 4.53. The topological polar surface area (TPSA) is 46.5 Å². The second-order valence-electron chi connectivity index (χ2n) is 7.09. The lowest BCUT2D eigenvalue weighted by Gasteiger charge is -2.10. The van der Waals surface area contributed by atoms with Gasteiger partial charge in [-0.25, -0.2) is 0 Å². The number of carbonyl (C=O) groups is 1. The quantitative estimate of drug-likeness (QED) is 0.239. The van der Waals surface area contributed by atoms with Gasteiger partial charge in [-0.15, -0.1) is 0 Å². The summed E-state index contributed by atoms with van der Waals surface area (Å²) in [6, 6.07) is 0. The van der Waals surface area contributed by atoms with E-state index in [9.17, 15) is 9.90 Å². The maximum absolute atomic E-state index is 11.3. The Balaban J connectivity index is 3.23. The Hall–Kier alpha value is -0.570. The molecule has 3 nitrogen and oxygen atoms in total. The number of aliphatic hydroxyl groups is 1. The lowest BCUT2D eigenvalue weighted by molar-refractivity contribution is -0.143. The van der Waals surface area contributed by atoms with Crippen LogP contribution in [-0.4, -0.2) is 23.8 Å². The molecule has 1 N–H and O–H groups in total. The number of aliphatic hydroxyl groups excluding tert-OH is 1. The molecule has 0 saturated heterocycles. The van der Waals surface area contributed by atoms with Crippen LogP contribution in [0.5, 0.6) is 0 Å². The van der Waals surface area contributed by atoms with Crippen molar-refractivity contribution < 1.29 is 14.6 Å². The molecule has 0 heterocycles. The zero-order chi connectivity index (χ0) is 17.9. The molecular weight excluding hydrogens is 300 g/mol. The first-order valence-electron chi connectivity index (χ1n) is 10.5. The molecule has 0 amide bonds. The molecule has 0 aromatic rings. The minimum atomic E-state index is -0.248. The van der Waals surface area contributed by atoms with Crippen LogP contribution in [0.25, 0.3) is 0 Å². The Labute approximate surface area is 150 Å². The summed E-state index contributed by atoms with van der Waals surface area (Å²) in [7, 11) is 0. The monoisotopic (exact) mass is 342 g/mol. The molecule has 1 atom stereocenters. The largest absolute Gasteiger partial charge is 0.466 e. The van der Waals surface area contributed by atoms with Gasteiger partial charge in [0, 0.05) is 6.42 Å². The highest BCUT2D eigenvalue weighted by atomic mass is 16.5. The third kappa shape index (κ3) is 17.8. The molecular formula is C21H42O3. The average Bonchev–Trinajstić information content (AvgIpc) is 2.57. The molecule has 0 radical (unpaired) electrons. The van der Waals surface area contributed by atoms with Crippen LogP contribution in [-0.2, 0) is 9.53 Å². The van der Waals surface area contributed by atoms with Crippen LogP contribution in [0.4, 0.5) is 0 Å². The summed E-state index contributed by atoms with van der Waals surface area (Å²) < 4.78 is 5.02. The predicted octanol–water partition coefficient (Wildman–Crippen LogP) is 6.17. The number of rotatable bonds is 18. The molecule has 0 spiro atoms. The van der Waals surface area contributed by atoms with Crippen molar-refractivity contribution in [2.75, 3.05) is 6.61 Å². The van der Waals surface area contributed by atoms with Gasteiger partial charge in [-0.2, -0.15) is 0 Å². The fraction of sp³-hybridized carbons (Fsp3) is 0.952. The summed E-state index contributed by atoms with van der Waals surface area (Å²) in [5, 5.41) is 9.93. The maximum atomic E-state index is 11.3. The number of carbonyl (C=O) groups excluding carboxylic acids is 1. The van der Waals surface area contributed by atoms with Crippen molar-refractivity contribution in [3.63, 3.8) is 0 Å². The van der Waals surface area contributed by atoms with Gasteiger partial charge in [0.25, 0.3) is 0 Å². The van der Waals surface area contributed by atoms with Crippen molar-refractivity contribution in [1.29, 1.82) is 0 Å². The first kappa shape index (κ1) is 23.4. The molecule has 0 aromatic heterocycles. The highest BCUT2D eigenvalue weighted by Crippen LogP contribution is 2.14. The van der Waals surface area contributed by atoms with Gasteiger partial charge in [-0.1, -0.05) is 84.5 Å². The van der Waals surface area contributed by atoms with Gasteiger partial charge in [0.2, 0.25) is 0 Å². The third-order valence-corrected chi connectivity index (χ3v) is 4.53. The normalized spacial score (nSPS) is 12.3. The molecule has 0 aliphatic heterocycles. The van der Waals surface area contributed by atoms with E-state index in [0.717, 1.165) is 32.1 Å². The SMILES string of the molecule is CCCCCCCCCCCCCC(O)CCCC(=O)OCCC. The Morgan fingerprint density at radius 3 is 1.79 bits per heavy atom. The van der Waals surface area contributed by atoms with Gasteiger partial charge < -0.3 is 9.84 Å². The van der Waals surface area contributed by atoms with Gasteiger partial charge in [-0.05, 0) is 25.7 Å². The molecule has 1 unspecified atom stereocenters. The molecule has 0 aliphatic carbocycles. The van der Waals surface area contributed by atoms with E-state index < -0.39 is 0 Å². The Morgan fingerprint density at radius 2 is 1.25 bits per heavy atom. The Kier molecular flexibility index (Phi) is 18.3. The van der Waals surface area contributed by atoms with E-state index in [2.05, 4.69) is 6.92 Å². The molecule has 0 saturated carbocycles. The van der Waals surface area contributed by atoms with Crippen molar-refractivity contribution in [3.05, 3.63) is 0 Å². The first-order chi connectivity index (χ1) is 11.7. The van der Waals surface area contributed by atoms with Crippen molar-refractivity contribution in [2.24, 2.45) is 0 Å². The summed E-state index contributed by atoms with van der Waals surface area (Å²) in [6.45, 7) is 4.77. The fourth-order valence-electron chi connectivity index (χ4n) is 2.96. The average molecular weight is 343 g/mol. The molecule has 0 aliphatic rings. The van der Waals surface area contributed by atoms with E-state index >= 15 is 0 Å². The van der Waals surface area contributed by atoms with Crippen molar-refractivity contribution >= 4 is 5.97 Å². The van der Waals surface area contributed by atoms with Crippen molar-refractivity contribution in [3.8, 4) is 0 Å².